The van der Waals surface area contributed by atoms with E-state index in [1.165, 1.54) is 0 Å². The molecule has 0 saturated carbocycles. The SMILES string of the molecule is Clc1cccc(Cl)c1-c1c2nc(c(-c3c(Cl)cccc3Cl)c3[n-]c(c(Br)c3Br)c(-c3c(Cl)cccc3Cl)c3nc(c(-c4c(Cl)cccc4Cl)c4[n-]c1c(Br)c4Br)C(Br)=C3Br)C(Br)=C2Br.Clc1cccc(Cl)c1-c1c2nc(c(-c3c(Cl)cccc3Cl)c3[nH]c(c(Br)c3Br)c(-c3c(Cl)cccc3Cl)c3nc(c(-c4c(Cl)cccc4Cl)c4[nH]c1c(Br)c4Br)C(Br)=C3Br)C(Br)=C2Br.[Cl][Ru+2][Cl]. The molecular weight excluding hydrogens is 3190 g/mol. The fraction of sp³-hybridized carbons (Fsp3) is 0. The van der Waals surface area contributed by atoms with E-state index < -0.39 is 0 Å². The zero-order chi connectivity index (χ0) is 94.3. The Kier molecular flexibility index (Phi) is 34.3. The molecule has 664 valence electrons. The number of H-pyrrole nitrogens is 2. The summed E-state index contributed by atoms with van der Waals surface area (Å²) >= 11 is 176. The van der Waals surface area contributed by atoms with Crippen LogP contribution in [-0.4, -0.2) is 29.9 Å². The Morgan fingerprint density at radius 2 is 0.298 bits per heavy atom. The van der Waals surface area contributed by atoms with Crippen LogP contribution in [0.5, 0.6) is 0 Å². The number of rotatable bonds is 8. The van der Waals surface area contributed by atoms with Gasteiger partial charge in [-0.3, -0.25) is 0 Å². The number of aromatic amines is 2. The quantitative estimate of drug-likeness (QED) is 0.147. The molecule has 0 fully saturated rings. The molecule has 0 amide bonds. The van der Waals surface area contributed by atoms with Gasteiger partial charge in [0, 0.05) is 125 Å². The fourth-order valence-corrected chi connectivity index (χ4v) is 27.2. The zero-order valence-corrected chi connectivity index (χ0v) is 103. The van der Waals surface area contributed by atoms with Crippen molar-refractivity contribution in [3.05, 3.63) is 307 Å². The summed E-state index contributed by atoms with van der Waals surface area (Å²) in [4.78, 5) is 39.9. The van der Waals surface area contributed by atoms with Crippen LogP contribution >= 0.6 is 460 Å². The van der Waals surface area contributed by atoms with E-state index in [0.717, 1.165) is 0 Å². The van der Waals surface area contributed by atoms with E-state index in [1.807, 2.05) is 0 Å². The van der Waals surface area contributed by atoms with E-state index in [9.17, 15) is 0 Å². The molecule has 2 N–H and O–H groups in total. The molecule has 8 aromatic carbocycles. The number of hydrogen-bond donors (Lipinski definition) is 2. The van der Waals surface area contributed by atoms with Crippen molar-refractivity contribution in [1.82, 2.24) is 39.9 Å². The van der Waals surface area contributed by atoms with E-state index >= 15 is 0 Å². The molecule has 0 aliphatic carbocycles. The summed E-state index contributed by atoms with van der Waals surface area (Å²) in [5, 5.41) is 5.51. The van der Waals surface area contributed by atoms with Gasteiger partial charge in [0.25, 0.3) is 0 Å². The summed E-state index contributed by atoms with van der Waals surface area (Å²) in [5.74, 6) is 0. The first-order valence-corrected chi connectivity index (χ1v) is 59.2. The van der Waals surface area contributed by atoms with Gasteiger partial charge in [0.15, 0.2) is 0 Å². The van der Waals surface area contributed by atoms with E-state index in [-0.39, 0.29) is 15.1 Å². The predicted molar refractivity (Wildman–Crippen MR) is 616 cm³/mol. The topological polar surface area (TPSA) is 111 Å². The first-order valence-electron chi connectivity index (χ1n) is 36.0. The number of hydrogen-bond acceptors (Lipinski definition) is 4. The fourth-order valence-electron chi connectivity index (χ4n) is 14.8. The maximum atomic E-state index is 7.13. The number of halogens is 34. The van der Waals surface area contributed by atoms with Crippen LogP contribution in [0.1, 0.15) is 45.6 Å². The number of nitrogens with one attached hydrogen (secondary N) is 2. The van der Waals surface area contributed by atoms with E-state index in [2.05, 4.69) is 265 Å². The van der Waals surface area contributed by atoms with Gasteiger partial charge >= 0.3 is 34.5 Å². The molecule has 10 heterocycles. The second-order valence-electron chi connectivity index (χ2n) is 27.5. The molecule has 0 spiro atoms. The minimum atomic E-state index is -0.346. The molecule has 0 atom stereocenters. The van der Waals surface area contributed by atoms with E-state index in [4.69, 9.17) is 235 Å². The second kappa shape index (κ2) is 43.0. The number of aromatic nitrogens is 8. The van der Waals surface area contributed by atoms with Crippen molar-refractivity contribution in [1.29, 1.82) is 0 Å². The Hall–Kier alpha value is 0.483. The van der Waals surface area contributed by atoms with Crippen molar-refractivity contribution in [2.24, 2.45) is 0 Å². The molecule has 14 aromatic rings. The summed E-state index contributed by atoms with van der Waals surface area (Å²) in [6, 6.07) is 42.1. The molecule has 16 bridgehead atoms. The summed E-state index contributed by atoms with van der Waals surface area (Å²) < 4.78 is 8.75. The van der Waals surface area contributed by atoms with Crippen LogP contribution in [0, 0.1) is 0 Å². The molecule has 0 radical (unpaired) electrons. The van der Waals surface area contributed by atoms with Gasteiger partial charge < -0.3 is 19.9 Å². The van der Waals surface area contributed by atoms with Crippen LogP contribution in [0.25, 0.3) is 169 Å². The molecule has 8 nitrogen and oxygen atoms in total. The molecule has 131 heavy (non-hydrogen) atoms. The van der Waals surface area contributed by atoms with Gasteiger partial charge in [-0.25, -0.2) is 19.9 Å². The van der Waals surface area contributed by atoms with Crippen LogP contribution in [0.15, 0.2) is 181 Å². The summed E-state index contributed by atoms with van der Waals surface area (Å²) in [7, 11) is 9.71. The minimum absolute atomic E-state index is 0.332. The first-order chi connectivity index (χ1) is 62.3. The van der Waals surface area contributed by atoms with Gasteiger partial charge in [-0.1, -0.05) is 298 Å². The van der Waals surface area contributed by atoms with Crippen molar-refractivity contribution < 1.29 is 15.1 Å². The van der Waals surface area contributed by atoms with Crippen molar-refractivity contribution in [3.8, 4) is 89.0 Å². The molecule has 4 aliphatic heterocycles. The van der Waals surface area contributed by atoms with Gasteiger partial charge in [0.05, 0.1) is 162 Å². The van der Waals surface area contributed by atoms with Crippen LogP contribution in [0.3, 0.4) is 0 Å². The van der Waals surface area contributed by atoms with Crippen molar-refractivity contribution in [3.63, 3.8) is 0 Å². The molecular formula is C88H26Br16Cl18N8Ru. The van der Waals surface area contributed by atoms with Crippen LogP contribution in [-0.2, 0) is 15.1 Å². The third-order valence-electron chi connectivity index (χ3n) is 20.3. The Balaban J connectivity index is 0.000000186. The Labute approximate surface area is 975 Å². The number of fused-ring (bicyclic) bond motifs is 16. The normalized spacial score (nSPS) is 12.7. The average molecular weight is 3210 g/mol. The standard InChI is InChI=1S/C44H14Br8Cl8N4.C44H12Br8Cl8N4.2ClH.Ru/c2*45-29-31(47)39-26(22-15(55)7-2-8-16(22)56)41-33(49)35(51)43(63-41)28(24-19(59)11-4-12-20(24)60)44-36(52)34(50)42(64-44)27(23-17(57)9-3-10-18(23)58)40-32(48)30(46)38(62-40)25(37(29)61-39)21-13(53)5-1-6-14(21)54;;;/h1-12,61,64H;1-12H;2*1H;/q;-2;;;+4/p-2. The van der Waals surface area contributed by atoms with Crippen molar-refractivity contribution in [2.75, 3.05) is 0 Å². The Morgan fingerprint density at radius 1 is 0.183 bits per heavy atom. The number of nitrogens with zero attached hydrogens (tertiary/aromatic N) is 6. The first kappa shape index (κ1) is 104. The molecule has 6 aromatic heterocycles. The zero-order valence-electron chi connectivity index (χ0n) is 62.7. The third-order valence-corrected chi connectivity index (χ3v) is 42.0. The summed E-state index contributed by atoms with van der Waals surface area (Å²) in [6.07, 6.45) is 0. The van der Waals surface area contributed by atoms with Gasteiger partial charge in [-0.15, -0.1) is 22.1 Å². The van der Waals surface area contributed by atoms with E-state index in [0.29, 0.717) is 331 Å². The molecule has 0 saturated heterocycles. The predicted octanol–water partition coefficient (Wildman–Crippen LogP) is 45.6. The summed E-state index contributed by atoms with van der Waals surface area (Å²) in [5.41, 5.74) is 14.7. The van der Waals surface area contributed by atoms with Gasteiger partial charge in [0.2, 0.25) is 0 Å². The monoisotopic (exact) mass is 3190 g/mol. The Morgan fingerprint density at radius 3 is 0.427 bits per heavy atom. The second-order valence-corrected chi connectivity index (χ2v) is 49.3. The number of benzene rings is 8. The van der Waals surface area contributed by atoms with Crippen molar-refractivity contribution >= 4 is 540 Å². The van der Waals surface area contributed by atoms with Gasteiger partial charge in [-0.05, 0) is 310 Å². The Bertz CT molecular complexity index is 6430. The maximum absolute atomic E-state index is 7.13. The molecule has 43 heteroatoms. The molecule has 18 rings (SSSR count). The van der Waals surface area contributed by atoms with Crippen LogP contribution in [0.2, 0.25) is 80.4 Å². The molecule has 0 unspecified atom stereocenters. The summed E-state index contributed by atoms with van der Waals surface area (Å²) in [6.45, 7) is 0. The van der Waals surface area contributed by atoms with E-state index in [1.54, 1.807) is 146 Å². The average Bonchev–Trinajstić information content (AvgIpc) is 1.57. The van der Waals surface area contributed by atoms with Crippen LogP contribution in [0.4, 0.5) is 0 Å². The van der Waals surface area contributed by atoms with Crippen LogP contribution < -0.4 is 9.97 Å². The van der Waals surface area contributed by atoms with Gasteiger partial charge in [-0.2, -0.15) is 0 Å². The molecule has 4 aliphatic rings. The van der Waals surface area contributed by atoms with Gasteiger partial charge in [0.1, 0.15) is 0 Å². The third kappa shape index (κ3) is 19.0. The van der Waals surface area contributed by atoms with Crippen molar-refractivity contribution in [2.45, 2.75) is 0 Å².